The lowest BCUT2D eigenvalue weighted by atomic mass is 9.98. The van der Waals surface area contributed by atoms with E-state index in [1.807, 2.05) is 66.7 Å². The summed E-state index contributed by atoms with van der Waals surface area (Å²) in [4.78, 5) is 2.58. The molecule has 8 heteroatoms. The quantitative estimate of drug-likeness (QED) is 0.132. The highest BCUT2D eigenvalue weighted by atomic mass is 32.2. The van der Waals surface area contributed by atoms with Crippen LogP contribution in [-0.4, -0.2) is 38.1 Å². The summed E-state index contributed by atoms with van der Waals surface area (Å²) in [5, 5.41) is 12.1. The molecule has 52 heavy (non-hydrogen) atoms. The van der Waals surface area contributed by atoms with Crippen molar-refractivity contribution >= 4 is 20.8 Å². The van der Waals surface area contributed by atoms with Gasteiger partial charge in [-0.25, -0.2) is 13.1 Å². The van der Waals surface area contributed by atoms with E-state index in [2.05, 4.69) is 72.1 Å². The summed E-state index contributed by atoms with van der Waals surface area (Å²) in [5.74, 6) is 0. The number of benzene rings is 6. The average Bonchev–Trinajstić information content (AvgIpc) is 3.20. The fraction of sp³-hybridized carbons (Fsp3) is 0.227. The molecule has 1 fully saturated rings. The zero-order valence-corrected chi connectivity index (χ0v) is 30.2. The number of aliphatic hydroxyl groups is 1. The van der Waals surface area contributed by atoms with E-state index in [0.29, 0.717) is 13.0 Å². The zero-order chi connectivity index (χ0) is 36.1. The van der Waals surface area contributed by atoms with Crippen molar-refractivity contribution in [3.63, 3.8) is 0 Å². The third kappa shape index (κ3) is 8.34. The van der Waals surface area contributed by atoms with Gasteiger partial charge in [0.25, 0.3) is 0 Å². The second kappa shape index (κ2) is 15.9. The van der Waals surface area contributed by atoms with Gasteiger partial charge < -0.3 is 14.6 Å². The molecule has 7 nitrogen and oxygen atoms in total. The summed E-state index contributed by atoms with van der Waals surface area (Å²) in [6.07, 6.45) is -0.236. The SMILES string of the molecule is C[C@H](c1ccc2ccccc2c1)N(C)C[C@@H]1C[C@H](c2ccc(CO)cc2)O[C@H](c2cccc(-c3cccc(CNS(=O)(=O)c4ccccc4)c3)c2)O1. The third-order valence-corrected chi connectivity index (χ3v) is 11.4. The highest BCUT2D eigenvalue weighted by Crippen LogP contribution is 2.39. The molecule has 4 atom stereocenters. The van der Waals surface area contributed by atoms with Crippen molar-refractivity contribution in [2.45, 2.75) is 55.9 Å². The molecule has 0 bridgehead atoms. The molecule has 266 valence electrons. The summed E-state index contributed by atoms with van der Waals surface area (Å²) < 4.78 is 41.8. The van der Waals surface area contributed by atoms with Crippen LogP contribution in [0.3, 0.4) is 0 Å². The molecule has 0 unspecified atom stereocenters. The van der Waals surface area contributed by atoms with Gasteiger partial charge in [-0.2, -0.15) is 0 Å². The van der Waals surface area contributed by atoms with Crippen molar-refractivity contribution in [2.24, 2.45) is 0 Å². The van der Waals surface area contributed by atoms with Crippen LogP contribution in [0.2, 0.25) is 0 Å². The minimum Gasteiger partial charge on any atom is -0.392 e. The van der Waals surface area contributed by atoms with Gasteiger partial charge in [0.05, 0.1) is 23.7 Å². The molecule has 1 aliphatic heterocycles. The second-order valence-electron chi connectivity index (χ2n) is 13.5. The molecule has 7 rings (SSSR count). The maximum Gasteiger partial charge on any atom is 0.240 e. The predicted molar refractivity (Wildman–Crippen MR) is 206 cm³/mol. The monoisotopic (exact) mass is 712 g/mol. The smallest absolute Gasteiger partial charge is 0.240 e. The van der Waals surface area contributed by atoms with Crippen LogP contribution in [0.4, 0.5) is 0 Å². The Labute approximate surface area is 306 Å². The first-order chi connectivity index (χ1) is 25.3. The number of rotatable bonds is 12. The lowest BCUT2D eigenvalue weighted by molar-refractivity contribution is -0.253. The van der Waals surface area contributed by atoms with Gasteiger partial charge >= 0.3 is 0 Å². The molecule has 0 spiro atoms. The molecule has 6 aromatic rings. The van der Waals surface area contributed by atoms with E-state index < -0.39 is 16.3 Å². The van der Waals surface area contributed by atoms with E-state index in [4.69, 9.17) is 9.47 Å². The Bertz CT molecular complexity index is 2230. The molecule has 0 saturated carbocycles. The molecule has 1 heterocycles. The minimum atomic E-state index is -3.63. The fourth-order valence-corrected chi connectivity index (χ4v) is 7.86. The summed E-state index contributed by atoms with van der Waals surface area (Å²) in [6.45, 7) is 3.10. The molecule has 0 aliphatic carbocycles. The van der Waals surface area contributed by atoms with Crippen LogP contribution in [0, 0.1) is 0 Å². The van der Waals surface area contributed by atoms with Crippen LogP contribution in [0.1, 0.15) is 59.6 Å². The standard InChI is InChI=1S/C44H44N2O5S/c1-31(36-23-22-34-11-6-7-12-38(34)25-36)46(2)29-41-27-43(35-20-18-32(30-47)19-21-35)51-44(50-41)40-15-9-14-39(26-40)37-13-8-10-33(24-37)28-45-52(48,49)42-16-4-3-5-17-42/h3-26,31,41,43-45,47H,27-30H2,1-2H3/t31-,41+,43-,44-/m1/s1. The lowest BCUT2D eigenvalue weighted by Crippen LogP contribution is -2.38. The molecule has 2 N–H and O–H groups in total. The topological polar surface area (TPSA) is 88.1 Å². The first-order valence-electron chi connectivity index (χ1n) is 17.7. The number of ether oxygens (including phenoxy) is 2. The van der Waals surface area contributed by atoms with Crippen LogP contribution in [-0.2, 0) is 32.6 Å². The van der Waals surface area contributed by atoms with E-state index >= 15 is 0 Å². The number of fused-ring (bicyclic) bond motifs is 1. The summed E-state index contributed by atoms with van der Waals surface area (Å²) in [5.41, 5.74) is 6.85. The summed E-state index contributed by atoms with van der Waals surface area (Å²) in [7, 11) is -1.49. The number of likely N-dealkylation sites (N-methyl/N-ethyl adjacent to an activating group) is 1. The lowest BCUT2D eigenvalue weighted by Gasteiger charge is -2.39. The van der Waals surface area contributed by atoms with Gasteiger partial charge in [-0.1, -0.05) is 115 Å². The number of nitrogens with zero attached hydrogens (tertiary/aromatic N) is 1. The second-order valence-corrected chi connectivity index (χ2v) is 15.3. The maximum atomic E-state index is 12.8. The first-order valence-corrected chi connectivity index (χ1v) is 19.2. The van der Waals surface area contributed by atoms with Crippen LogP contribution in [0.25, 0.3) is 21.9 Å². The van der Waals surface area contributed by atoms with E-state index in [1.54, 1.807) is 30.3 Å². The Kier molecular flexibility index (Phi) is 10.9. The number of sulfonamides is 1. The molecule has 6 aromatic carbocycles. The van der Waals surface area contributed by atoms with Crippen molar-refractivity contribution in [3.8, 4) is 11.1 Å². The van der Waals surface area contributed by atoms with Gasteiger partial charge in [0.15, 0.2) is 6.29 Å². The van der Waals surface area contributed by atoms with Crippen molar-refractivity contribution < 1.29 is 23.0 Å². The van der Waals surface area contributed by atoms with Gasteiger partial charge in [0, 0.05) is 31.1 Å². The summed E-state index contributed by atoms with van der Waals surface area (Å²) in [6, 6.07) is 47.7. The normalized spacial score (nSPS) is 18.4. The molecular formula is C44H44N2O5S. The average molecular weight is 713 g/mol. The Morgan fingerprint density at radius 3 is 2.21 bits per heavy atom. The minimum absolute atomic E-state index is 0.00941. The Hall–Kier alpha value is -4.67. The van der Waals surface area contributed by atoms with Gasteiger partial charge in [0.2, 0.25) is 10.0 Å². The largest absolute Gasteiger partial charge is 0.392 e. The van der Waals surface area contributed by atoms with Crippen molar-refractivity contribution in [3.05, 3.63) is 173 Å². The van der Waals surface area contributed by atoms with Crippen molar-refractivity contribution in [2.75, 3.05) is 13.6 Å². The third-order valence-electron chi connectivity index (χ3n) is 9.96. The van der Waals surface area contributed by atoms with E-state index in [-0.39, 0.29) is 36.3 Å². The Morgan fingerprint density at radius 1 is 0.731 bits per heavy atom. The first kappa shape index (κ1) is 35.7. The molecular weight excluding hydrogens is 669 g/mol. The number of hydrogen-bond acceptors (Lipinski definition) is 6. The number of nitrogens with one attached hydrogen (secondary N) is 1. The predicted octanol–water partition coefficient (Wildman–Crippen LogP) is 8.72. The van der Waals surface area contributed by atoms with Crippen LogP contribution in [0.5, 0.6) is 0 Å². The van der Waals surface area contributed by atoms with Gasteiger partial charge in [-0.3, -0.25) is 4.90 Å². The molecule has 0 amide bonds. The van der Waals surface area contributed by atoms with Crippen molar-refractivity contribution in [1.82, 2.24) is 9.62 Å². The van der Waals surface area contributed by atoms with Gasteiger partial charge in [-0.15, -0.1) is 0 Å². The van der Waals surface area contributed by atoms with Crippen LogP contribution in [0.15, 0.2) is 150 Å². The van der Waals surface area contributed by atoms with E-state index in [9.17, 15) is 13.5 Å². The Balaban J connectivity index is 1.11. The highest BCUT2D eigenvalue weighted by Gasteiger charge is 2.33. The molecule has 0 aromatic heterocycles. The fourth-order valence-electron chi connectivity index (χ4n) is 6.82. The van der Waals surface area contributed by atoms with Gasteiger partial charge in [-0.05, 0) is 88.5 Å². The van der Waals surface area contributed by atoms with Gasteiger partial charge in [0.1, 0.15) is 0 Å². The van der Waals surface area contributed by atoms with Crippen LogP contribution < -0.4 is 4.72 Å². The molecule has 1 saturated heterocycles. The van der Waals surface area contributed by atoms with Crippen LogP contribution >= 0.6 is 0 Å². The van der Waals surface area contributed by atoms with Crippen molar-refractivity contribution in [1.29, 1.82) is 0 Å². The maximum absolute atomic E-state index is 12.8. The number of aliphatic hydroxyl groups excluding tert-OH is 1. The van der Waals surface area contributed by atoms with E-state index in [0.717, 1.165) is 33.4 Å². The summed E-state index contributed by atoms with van der Waals surface area (Å²) >= 11 is 0. The van der Waals surface area contributed by atoms with E-state index in [1.165, 1.54) is 16.3 Å². The zero-order valence-electron chi connectivity index (χ0n) is 29.4. The Morgan fingerprint density at radius 2 is 1.44 bits per heavy atom. The highest BCUT2D eigenvalue weighted by molar-refractivity contribution is 7.89. The molecule has 0 radical (unpaired) electrons. The number of hydrogen-bond donors (Lipinski definition) is 2. The molecule has 1 aliphatic rings.